The Hall–Kier alpha value is -4.80. The summed E-state index contributed by atoms with van der Waals surface area (Å²) in [5, 5.41) is 5.23. The number of imidazole rings is 1. The number of hydrogen-bond donors (Lipinski definition) is 2. The zero-order valence-electron chi connectivity index (χ0n) is 19.3. The van der Waals surface area contributed by atoms with E-state index in [9.17, 15) is 19.2 Å². The molecule has 1 saturated heterocycles. The first-order chi connectivity index (χ1) is 17.4. The molecule has 4 amide bonds. The number of benzene rings is 2. The Balaban J connectivity index is 1.26. The molecular weight excluding hydrogens is 462 g/mol. The Morgan fingerprint density at radius 2 is 1.83 bits per heavy atom. The largest absolute Gasteiger partial charge is 0.335 e. The van der Waals surface area contributed by atoms with Crippen molar-refractivity contribution in [3.8, 4) is 5.82 Å². The van der Waals surface area contributed by atoms with Gasteiger partial charge in [0.15, 0.2) is 5.82 Å². The Morgan fingerprint density at radius 1 is 1.06 bits per heavy atom. The summed E-state index contributed by atoms with van der Waals surface area (Å²) in [6.07, 6.45) is 5.30. The summed E-state index contributed by atoms with van der Waals surface area (Å²) >= 11 is 0. The summed E-state index contributed by atoms with van der Waals surface area (Å²) in [5.41, 5.74) is 2.27. The van der Waals surface area contributed by atoms with Gasteiger partial charge in [-0.15, -0.1) is 0 Å². The van der Waals surface area contributed by atoms with Crippen LogP contribution in [0.25, 0.3) is 16.9 Å². The second-order valence-electron chi connectivity index (χ2n) is 8.99. The van der Waals surface area contributed by atoms with Crippen molar-refractivity contribution in [1.29, 1.82) is 0 Å². The topological polar surface area (TPSA) is 131 Å². The first-order valence-corrected chi connectivity index (χ1v) is 11.3. The van der Waals surface area contributed by atoms with Crippen LogP contribution < -0.4 is 16.3 Å². The zero-order valence-corrected chi connectivity index (χ0v) is 19.3. The van der Waals surface area contributed by atoms with E-state index in [1.807, 2.05) is 18.2 Å². The number of fused-ring (bicyclic) bond motifs is 2. The summed E-state index contributed by atoms with van der Waals surface area (Å²) < 4.78 is 2.82. The Kier molecular flexibility index (Phi) is 4.75. The molecule has 0 saturated carbocycles. The quantitative estimate of drug-likeness (QED) is 0.420. The molecule has 0 unspecified atom stereocenters. The van der Waals surface area contributed by atoms with Gasteiger partial charge in [-0.25, -0.2) is 19.1 Å². The average molecular weight is 483 g/mol. The number of rotatable bonds is 4. The standard InChI is InChI=1S/C25H21N7O4/c1-30-23(35)29-22(34)25(30)11-15-6-7-17(10-16(15)12-25)28-21(33)14-31-18-4-2-3-5-19(18)32(24(31)36)20-13-26-8-9-27-20/h2-10,13H,11-12,14H2,1H3,(H,28,33)(H,29,34,35)/t25-/m1/s1. The Bertz CT molecular complexity index is 1620. The van der Waals surface area contributed by atoms with Gasteiger partial charge in [-0.2, -0.15) is 0 Å². The molecule has 1 spiro atoms. The molecule has 36 heavy (non-hydrogen) atoms. The molecule has 2 aliphatic rings. The minimum absolute atomic E-state index is 0.201. The molecule has 6 rings (SSSR count). The number of hydrogen-bond acceptors (Lipinski definition) is 6. The maximum Gasteiger partial charge on any atom is 0.335 e. The highest BCUT2D eigenvalue weighted by molar-refractivity contribution is 6.07. The number of nitrogens with zero attached hydrogens (tertiary/aromatic N) is 5. The van der Waals surface area contributed by atoms with E-state index in [2.05, 4.69) is 20.6 Å². The molecule has 1 atom stereocenters. The van der Waals surface area contributed by atoms with E-state index < -0.39 is 17.3 Å². The SMILES string of the molecule is CN1C(=O)NC(=O)[C@]12Cc1ccc(NC(=O)Cn3c(=O)n(-c4cnccn4)c4ccccc43)cc1C2. The first-order valence-electron chi connectivity index (χ1n) is 11.3. The first kappa shape index (κ1) is 21.7. The van der Waals surface area contributed by atoms with Crippen LogP contribution in [0.2, 0.25) is 0 Å². The lowest BCUT2D eigenvalue weighted by atomic mass is 9.95. The molecule has 11 heteroatoms. The number of aromatic nitrogens is 4. The van der Waals surface area contributed by atoms with Crippen molar-refractivity contribution >= 4 is 34.6 Å². The maximum absolute atomic E-state index is 13.3. The van der Waals surface area contributed by atoms with E-state index in [1.165, 1.54) is 32.6 Å². The smallest absolute Gasteiger partial charge is 0.325 e. The van der Waals surface area contributed by atoms with E-state index in [-0.39, 0.29) is 18.4 Å². The zero-order chi connectivity index (χ0) is 25.0. The third-order valence-corrected chi connectivity index (χ3v) is 6.96. The van der Waals surface area contributed by atoms with Crippen molar-refractivity contribution in [2.45, 2.75) is 24.9 Å². The summed E-state index contributed by atoms with van der Waals surface area (Å²) in [5.74, 6) is -0.321. The number of likely N-dealkylation sites (N-methyl/N-ethyl adjacent to an activating group) is 1. The highest BCUT2D eigenvalue weighted by atomic mass is 16.2. The molecule has 0 radical (unpaired) electrons. The molecule has 2 aromatic carbocycles. The van der Waals surface area contributed by atoms with Gasteiger partial charge < -0.3 is 10.2 Å². The van der Waals surface area contributed by atoms with Crippen molar-refractivity contribution < 1.29 is 14.4 Å². The number of para-hydroxylation sites is 2. The van der Waals surface area contributed by atoms with Crippen LogP contribution in [0.1, 0.15) is 11.1 Å². The van der Waals surface area contributed by atoms with Crippen molar-refractivity contribution in [3.63, 3.8) is 0 Å². The normalized spacial score (nSPS) is 18.6. The van der Waals surface area contributed by atoms with Gasteiger partial charge in [0.05, 0.1) is 17.2 Å². The lowest BCUT2D eigenvalue weighted by Crippen LogP contribution is -2.48. The van der Waals surface area contributed by atoms with Gasteiger partial charge >= 0.3 is 11.7 Å². The molecule has 4 aromatic rings. The van der Waals surface area contributed by atoms with Crippen LogP contribution in [0.4, 0.5) is 10.5 Å². The van der Waals surface area contributed by atoms with E-state index in [0.29, 0.717) is 35.4 Å². The van der Waals surface area contributed by atoms with Gasteiger partial charge in [-0.3, -0.25) is 24.5 Å². The summed E-state index contributed by atoms with van der Waals surface area (Å²) in [7, 11) is 1.62. The molecule has 2 N–H and O–H groups in total. The van der Waals surface area contributed by atoms with E-state index in [4.69, 9.17) is 0 Å². The molecule has 1 aliphatic carbocycles. The van der Waals surface area contributed by atoms with Crippen molar-refractivity contribution in [2.24, 2.45) is 0 Å². The minimum atomic E-state index is -0.933. The van der Waals surface area contributed by atoms with Crippen LogP contribution in [0.3, 0.4) is 0 Å². The molecule has 180 valence electrons. The molecule has 0 bridgehead atoms. The monoisotopic (exact) mass is 483 g/mol. The fourth-order valence-electron chi connectivity index (χ4n) is 5.11. The van der Waals surface area contributed by atoms with Crippen molar-refractivity contribution in [3.05, 3.63) is 82.7 Å². The third-order valence-electron chi connectivity index (χ3n) is 6.96. The number of carbonyl (C=O) groups excluding carboxylic acids is 3. The lowest BCUT2D eigenvalue weighted by Gasteiger charge is -2.27. The summed E-state index contributed by atoms with van der Waals surface area (Å²) in [6.45, 7) is -0.201. The van der Waals surface area contributed by atoms with Crippen LogP contribution in [0.5, 0.6) is 0 Å². The molecular formula is C25H21N7O4. The number of anilines is 1. The van der Waals surface area contributed by atoms with Crippen molar-refractivity contribution in [1.82, 2.24) is 29.3 Å². The summed E-state index contributed by atoms with van der Waals surface area (Å²) in [4.78, 5) is 60.5. The number of imide groups is 1. The number of nitrogens with one attached hydrogen (secondary N) is 2. The van der Waals surface area contributed by atoms with Gasteiger partial charge in [0.2, 0.25) is 5.91 Å². The molecule has 1 fully saturated rings. The second-order valence-corrected chi connectivity index (χ2v) is 8.99. The number of carbonyl (C=O) groups is 3. The van der Waals surface area contributed by atoms with Crippen LogP contribution in [-0.2, 0) is 29.0 Å². The van der Waals surface area contributed by atoms with Gasteiger partial charge in [-0.05, 0) is 35.4 Å². The fourth-order valence-corrected chi connectivity index (χ4v) is 5.11. The minimum Gasteiger partial charge on any atom is -0.325 e. The van der Waals surface area contributed by atoms with E-state index >= 15 is 0 Å². The Labute approximate surface area is 204 Å². The maximum atomic E-state index is 13.3. The second kappa shape index (κ2) is 7.87. The molecule has 2 aromatic heterocycles. The van der Waals surface area contributed by atoms with E-state index in [1.54, 1.807) is 31.3 Å². The van der Waals surface area contributed by atoms with Crippen molar-refractivity contribution in [2.75, 3.05) is 12.4 Å². The van der Waals surface area contributed by atoms with Gasteiger partial charge in [0, 0.05) is 38.0 Å². The molecule has 11 nitrogen and oxygen atoms in total. The predicted octanol–water partition coefficient (Wildman–Crippen LogP) is 1.24. The van der Waals surface area contributed by atoms with Gasteiger partial charge in [0.1, 0.15) is 12.1 Å². The lowest BCUT2D eigenvalue weighted by molar-refractivity contribution is -0.125. The van der Waals surface area contributed by atoms with Gasteiger partial charge in [0.25, 0.3) is 5.91 Å². The fraction of sp³-hybridized carbons (Fsp3) is 0.200. The third kappa shape index (κ3) is 3.20. The number of amides is 4. The number of urea groups is 1. The predicted molar refractivity (Wildman–Crippen MR) is 130 cm³/mol. The molecule has 1 aliphatic heterocycles. The Morgan fingerprint density at radius 3 is 2.56 bits per heavy atom. The summed E-state index contributed by atoms with van der Waals surface area (Å²) in [6, 6.07) is 12.2. The van der Waals surface area contributed by atoms with Crippen LogP contribution in [0, 0.1) is 0 Å². The molecule has 3 heterocycles. The highest BCUT2D eigenvalue weighted by Gasteiger charge is 2.54. The highest BCUT2D eigenvalue weighted by Crippen LogP contribution is 2.38. The van der Waals surface area contributed by atoms with E-state index in [0.717, 1.165) is 11.1 Å². The van der Waals surface area contributed by atoms with Crippen LogP contribution >= 0.6 is 0 Å². The van der Waals surface area contributed by atoms with Crippen LogP contribution in [-0.4, -0.2) is 54.4 Å². The van der Waals surface area contributed by atoms with Crippen LogP contribution in [0.15, 0.2) is 65.8 Å². The van der Waals surface area contributed by atoms with Gasteiger partial charge in [-0.1, -0.05) is 18.2 Å². The average Bonchev–Trinajstić information content (AvgIpc) is 3.46.